The summed E-state index contributed by atoms with van der Waals surface area (Å²) in [5.74, 6) is 1.39. The Hall–Kier alpha value is -0.840. The second kappa shape index (κ2) is 5.27. The number of halogens is 1. The molecule has 1 aliphatic carbocycles. The van der Waals surface area contributed by atoms with Crippen LogP contribution in [0.1, 0.15) is 58.2 Å². The van der Waals surface area contributed by atoms with Gasteiger partial charge in [-0.1, -0.05) is 20.8 Å². The molecule has 0 amide bonds. The van der Waals surface area contributed by atoms with Crippen LogP contribution in [0.3, 0.4) is 0 Å². The maximum absolute atomic E-state index is 11.6. The summed E-state index contributed by atoms with van der Waals surface area (Å²) in [6, 6.07) is 0. The molecule has 0 atom stereocenters. The van der Waals surface area contributed by atoms with Gasteiger partial charge in [-0.15, -0.1) is 0 Å². The van der Waals surface area contributed by atoms with E-state index in [9.17, 15) is 9.90 Å². The van der Waals surface area contributed by atoms with E-state index in [0.717, 1.165) is 31.6 Å². The zero-order valence-electron chi connectivity index (χ0n) is 11.7. The lowest BCUT2D eigenvalue weighted by Gasteiger charge is -2.36. The van der Waals surface area contributed by atoms with E-state index in [1.807, 2.05) is 0 Å². The van der Waals surface area contributed by atoms with E-state index in [1.165, 1.54) is 0 Å². The van der Waals surface area contributed by atoms with Gasteiger partial charge < -0.3 is 10.1 Å². The Balaban J connectivity index is 2.12. The molecule has 0 aliphatic heterocycles. The molecule has 4 nitrogen and oxygen atoms in total. The molecule has 1 heterocycles. The van der Waals surface area contributed by atoms with Gasteiger partial charge in [0.2, 0.25) is 5.88 Å². The highest BCUT2D eigenvalue weighted by atomic mass is 79.9. The highest BCUT2D eigenvalue weighted by molar-refractivity contribution is 9.10. The molecule has 0 radical (unpaired) electrons. The van der Waals surface area contributed by atoms with E-state index in [0.29, 0.717) is 11.2 Å². The topological polar surface area (TPSA) is 66.0 Å². The summed E-state index contributed by atoms with van der Waals surface area (Å²) in [6.07, 6.45) is 4.33. The number of nitrogens with one attached hydrogen (secondary N) is 1. The van der Waals surface area contributed by atoms with Crippen molar-refractivity contribution in [2.45, 2.75) is 52.4 Å². The molecule has 1 aromatic rings. The minimum absolute atomic E-state index is 0.111. The fourth-order valence-electron chi connectivity index (χ4n) is 2.89. The molecule has 1 saturated carbocycles. The highest BCUT2D eigenvalue weighted by Gasteiger charge is 2.31. The van der Waals surface area contributed by atoms with E-state index in [-0.39, 0.29) is 21.8 Å². The third kappa shape index (κ3) is 3.19. The molecule has 0 saturated heterocycles. The molecule has 0 unspecified atom stereocenters. The maximum Gasteiger partial charge on any atom is 0.269 e. The lowest BCUT2D eigenvalue weighted by atomic mass is 9.70. The molecule has 1 aliphatic rings. The number of H-pyrrole nitrogens is 1. The second-order valence-electron chi connectivity index (χ2n) is 6.50. The zero-order chi connectivity index (χ0) is 14.2. The molecular weight excluding hydrogens is 308 g/mol. The molecule has 0 aromatic carbocycles. The van der Waals surface area contributed by atoms with Gasteiger partial charge in [0.05, 0.1) is 0 Å². The normalized spacial score (nSPS) is 24.4. The first-order valence-electron chi connectivity index (χ1n) is 6.77. The first-order valence-corrected chi connectivity index (χ1v) is 7.57. The largest absolute Gasteiger partial charge is 0.492 e. The molecule has 5 heteroatoms. The predicted molar refractivity (Wildman–Crippen MR) is 78.4 cm³/mol. The number of hydrogen-bond acceptors (Lipinski definition) is 3. The van der Waals surface area contributed by atoms with Crippen LogP contribution < -0.4 is 5.56 Å². The van der Waals surface area contributed by atoms with Gasteiger partial charge in [0.25, 0.3) is 5.56 Å². The van der Waals surface area contributed by atoms with Crippen molar-refractivity contribution in [2.75, 3.05) is 0 Å². The van der Waals surface area contributed by atoms with Crippen LogP contribution in [0.15, 0.2) is 9.27 Å². The summed E-state index contributed by atoms with van der Waals surface area (Å²) in [7, 11) is 0. The Morgan fingerprint density at radius 1 is 1.26 bits per heavy atom. The van der Waals surface area contributed by atoms with Gasteiger partial charge in [0, 0.05) is 5.92 Å². The summed E-state index contributed by atoms with van der Waals surface area (Å²) < 4.78 is 0.111. The maximum atomic E-state index is 11.6. The van der Waals surface area contributed by atoms with Crippen LogP contribution in [0, 0.1) is 11.3 Å². The van der Waals surface area contributed by atoms with Crippen LogP contribution >= 0.6 is 15.9 Å². The number of aromatic nitrogens is 2. The summed E-state index contributed by atoms with van der Waals surface area (Å²) in [4.78, 5) is 18.5. The van der Waals surface area contributed by atoms with Gasteiger partial charge >= 0.3 is 0 Å². The van der Waals surface area contributed by atoms with Crippen LogP contribution in [0.2, 0.25) is 0 Å². The average Bonchev–Trinajstić information content (AvgIpc) is 2.34. The Labute approximate surface area is 121 Å². The third-order valence-electron chi connectivity index (χ3n) is 4.20. The number of nitrogens with zero attached hydrogens (tertiary/aromatic N) is 1. The molecule has 1 fully saturated rings. The van der Waals surface area contributed by atoms with Crippen LogP contribution in [-0.4, -0.2) is 15.1 Å². The Kier molecular flexibility index (Phi) is 4.04. The minimum atomic E-state index is -0.305. The van der Waals surface area contributed by atoms with E-state index in [2.05, 4.69) is 46.7 Å². The summed E-state index contributed by atoms with van der Waals surface area (Å²) in [6.45, 7) is 6.84. The zero-order valence-corrected chi connectivity index (χ0v) is 13.2. The van der Waals surface area contributed by atoms with Crippen LogP contribution in [-0.2, 0) is 0 Å². The van der Waals surface area contributed by atoms with Crippen molar-refractivity contribution >= 4 is 15.9 Å². The van der Waals surface area contributed by atoms with Crippen molar-refractivity contribution in [3.8, 4) is 5.88 Å². The van der Waals surface area contributed by atoms with Crippen LogP contribution in [0.4, 0.5) is 0 Å². The Bertz CT molecular complexity index is 511. The number of hydrogen-bond donors (Lipinski definition) is 2. The standard InChI is InChI=1S/C14H21BrN2O2/c1-14(2,3)9-6-4-8(5-7-9)11-16-12(18)10(15)13(19)17-11/h8-9H,4-7H2,1-3H3,(H2,16,17,18,19). The molecule has 2 rings (SSSR count). The molecule has 0 spiro atoms. The van der Waals surface area contributed by atoms with Gasteiger partial charge in [-0.05, 0) is 52.9 Å². The van der Waals surface area contributed by atoms with E-state index >= 15 is 0 Å². The Morgan fingerprint density at radius 3 is 2.32 bits per heavy atom. The number of aromatic amines is 1. The summed E-state index contributed by atoms with van der Waals surface area (Å²) in [5, 5.41) is 9.61. The van der Waals surface area contributed by atoms with Crippen molar-refractivity contribution in [3.05, 3.63) is 20.7 Å². The molecule has 0 bridgehead atoms. The van der Waals surface area contributed by atoms with Crippen molar-refractivity contribution < 1.29 is 5.11 Å². The minimum Gasteiger partial charge on any atom is -0.492 e. The predicted octanol–water partition coefficient (Wildman–Crippen LogP) is 3.56. The van der Waals surface area contributed by atoms with Crippen LogP contribution in [0.5, 0.6) is 5.88 Å². The van der Waals surface area contributed by atoms with Gasteiger partial charge in [-0.25, -0.2) is 0 Å². The van der Waals surface area contributed by atoms with Crippen molar-refractivity contribution in [2.24, 2.45) is 11.3 Å². The first-order chi connectivity index (χ1) is 8.79. The first kappa shape index (κ1) is 14.6. The van der Waals surface area contributed by atoms with Crippen molar-refractivity contribution in [1.82, 2.24) is 9.97 Å². The molecular formula is C14H21BrN2O2. The van der Waals surface area contributed by atoms with E-state index in [4.69, 9.17) is 0 Å². The molecule has 2 N–H and O–H groups in total. The summed E-state index contributed by atoms with van der Waals surface area (Å²) in [5.41, 5.74) is 0.0358. The van der Waals surface area contributed by atoms with Crippen molar-refractivity contribution in [3.63, 3.8) is 0 Å². The highest BCUT2D eigenvalue weighted by Crippen LogP contribution is 2.42. The van der Waals surface area contributed by atoms with Gasteiger partial charge in [-0.3, -0.25) is 4.79 Å². The average molecular weight is 329 g/mol. The third-order valence-corrected chi connectivity index (χ3v) is 4.92. The summed E-state index contributed by atoms with van der Waals surface area (Å²) >= 11 is 3.02. The second-order valence-corrected chi connectivity index (χ2v) is 7.30. The smallest absolute Gasteiger partial charge is 0.269 e. The lowest BCUT2D eigenvalue weighted by Crippen LogP contribution is -2.26. The monoisotopic (exact) mass is 328 g/mol. The SMILES string of the molecule is CC(C)(C)C1CCC(c2nc(O)c(Br)c(=O)[nH]2)CC1. The Morgan fingerprint density at radius 2 is 1.84 bits per heavy atom. The van der Waals surface area contributed by atoms with E-state index < -0.39 is 0 Å². The molecule has 19 heavy (non-hydrogen) atoms. The fourth-order valence-corrected chi connectivity index (χ4v) is 3.08. The molecule has 106 valence electrons. The number of rotatable bonds is 1. The molecule has 1 aromatic heterocycles. The van der Waals surface area contributed by atoms with Gasteiger partial charge in [-0.2, -0.15) is 4.98 Å². The quantitative estimate of drug-likeness (QED) is 0.828. The number of aromatic hydroxyl groups is 1. The fraction of sp³-hybridized carbons (Fsp3) is 0.714. The lowest BCUT2D eigenvalue weighted by molar-refractivity contribution is 0.167. The van der Waals surface area contributed by atoms with Gasteiger partial charge in [0.15, 0.2) is 0 Å². The van der Waals surface area contributed by atoms with Gasteiger partial charge in [0.1, 0.15) is 10.3 Å². The van der Waals surface area contributed by atoms with E-state index in [1.54, 1.807) is 0 Å². The van der Waals surface area contributed by atoms with Crippen LogP contribution in [0.25, 0.3) is 0 Å². The van der Waals surface area contributed by atoms with Crippen molar-refractivity contribution in [1.29, 1.82) is 0 Å².